The summed E-state index contributed by atoms with van der Waals surface area (Å²) < 4.78 is 7.70. The van der Waals surface area contributed by atoms with Crippen molar-refractivity contribution in [3.8, 4) is 0 Å². The molecule has 0 amide bonds. The number of nitrogens with one attached hydrogen (secondary N) is 1. The van der Waals surface area contributed by atoms with E-state index in [9.17, 15) is 0 Å². The van der Waals surface area contributed by atoms with Crippen molar-refractivity contribution in [2.45, 2.75) is 70.6 Å². The molecule has 0 spiro atoms. The molecule has 120 valence electrons. The van der Waals surface area contributed by atoms with E-state index in [4.69, 9.17) is 22.2 Å². The lowest BCUT2D eigenvalue weighted by molar-refractivity contribution is -0.0835. The summed E-state index contributed by atoms with van der Waals surface area (Å²) in [6.07, 6.45) is 6.00. The number of nitrogens with two attached hydrogens (primary N) is 1. The monoisotopic (exact) mass is 314 g/mol. The zero-order valence-corrected chi connectivity index (χ0v) is 14.0. The fourth-order valence-corrected chi connectivity index (χ4v) is 3.49. The lowest BCUT2D eigenvalue weighted by atomic mass is 9.75. The van der Waals surface area contributed by atoms with Gasteiger partial charge in [0.25, 0.3) is 0 Å². The van der Waals surface area contributed by atoms with Crippen LogP contribution >= 0.6 is 11.6 Å². The first kappa shape index (κ1) is 16.7. The average Bonchev–Trinajstić information content (AvgIpc) is 2.77. The number of aryl methyl sites for hydroxylation is 2. The number of nitrogens with zero attached hydrogens (tertiary/aromatic N) is 2. The molecule has 6 heteroatoms. The molecule has 1 fully saturated rings. The molecule has 1 heterocycles. The molecule has 1 saturated carbocycles. The minimum absolute atomic E-state index is 0.00579. The Kier molecular flexibility index (Phi) is 5.66. The van der Waals surface area contributed by atoms with Crippen molar-refractivity contribution in [3.63, 3.8) is 0 Å². The minimum Gasteiger partial charge on any atom is -0.378 e. The molecule has 1 aliphatic rings. The molecule has 21 heavy (non-hydrogen) atoms. The highest BCUT2D eigenvalue weighted by molar-refractivity contribution is 6.31. The maximum Gasteiger partial charge on any atom is 0.0850 e. The molecule has 0 saturated heterocycles. The summed E-state index contributed by atoms with van der Waals surface area (Å²) in [6.45, 7) is 4.98. The van der Waals surface area contributed by atoms with E-state index >= 15 is 0 Å². The van der Waals surface area contributed by atoms with Crippen molar-refractivity contribution in [1.82, 2.24) is 15.2 Å². The van der Waals surface area contributed by atoms with Gasteiger partial charge in [-0.3, -0.25) is 16.0 Å². The first-order chi connectivity index (χ1) is 10.1. The maximum atomic E-state index is 6.48. The molecule has 1 aliphatic carbocycles. The third-order valence-corrected chi connectivity index (χ3v) is 5.12. The van der Waals surface area contributed by atoms with Crippen molar-refractivity contribution < 1.29 is 4.74 Å². The summed E-state index contributed by atoms with van der Waals surface area (Å²) in [5, 5.41) is 5.36. The Bertz CT molecular complexity index is 465. The van der Waals surface area contributed by atoms with E-state index in [1.807, 2.05) is 4.68 Å². The van der Waals surface area contributed by atoms with Gasteiger partial charge in [0.2, 0.25) is 0 Å². The molecule has 1 aromatic heterocycles. The second-order valence-corrected chi connectivity index (χ2v) is 6.27. The average molecular weight is 315 g/mol. The second-order valence-electron chi connectivity index (χ2n) is 5.89. The largest absolute Gasteiger partial charge is 0.378 e. The Morgan fingerprint density at radius 2 is 2.19 bits per heavy atom. The van der Waals surface area contributed by atoms with Gasteiger partial charge in [0, 0.05) is 26.1 Å². The van der Waals surface area contributed by atoms with Crippen LogP contribution in [0.25, 0.3) is 0 Å². The Hall–Kier alpha value is -0.620. The fraction of sp³-hybridized carbons (Fsp3) is 0.800. The van der Waals surface area contributed by atoms with Crippen LogP contribution in [0.3, 0.4) is 0 Å². The Morgan fingerprint density at radius 3 is 2.62 bits per heavy atom. The maximum absolute atomic E-state index is 6.48. The van der Waals surface area contributed by atoms with Crippen LogP contribution in [0.2, 0.25) is 5.02 Å². The van der Waals surface area contributed by atoms with Crippen LogP contribution in [0.5, 0.6) is 0 Å². The third kappa shape index (κ3) is 3.42. The number of methoxy groups -OCH3 is 1. The van der Waals surface area contributed by atoms with Gasteiger partial charge < -0.3 is 4.74 Å². The first-order valence-electron chi connectivity index (χ1n) is 7.84. The van der Waals surface area contributed by atoms with E-state index in [1.165, 1.54) is 6.42 Å². The number of halogens is 1. The van der Waals surface area contributed by atoms with Crippen LogP contribution in [0.4, 0.5) is 0 Å². The summed E-state index contributed by atoms with van der Waals surface area (Å²) in [5.74, 6) is 5.76. The number of aromatic nitrogens is 2. The van der Waals surface area contributed by atoms with Crippen LogP contribution in [0.1, 0.15) is 50.9 Å². The standard InChI is InChI=1S/C15H27ClN4O/c1-4-12-14(16)13(20(5-2)19-12)9-11(18-17)10-15(21-3)7-6-8-15/h11,18H,4-10,17H2,1-3H3. The second kappa shape index (κ2) is 7.09. The van der Waals surface area contributed by atoms with Crippen LogP contribution in [-0.4, -0.2) is 28.5 Å². The Balaban J connectivity index is 2.13. The molecular formula is C15H27ClN4O. The molecule has 1 aromatic rings. The first-order valence-corrected chi connectivity index (χ1v) is 8.22. The summed E-state index contributed by atoms with van der Waals surface area (Å²) >= 11 is 6.48. The third-order valence-electron chi connectivity index (χ3n) is 4.69. The van der Waals surface area contributed by atoms with E-state index in [2.05, 4.69) is 24.4 Å². The highest BCUT2D eigenvalue weighted by atomic mass is 35.5. The quantitative estimate of drug-likeness (QED) is 0.571. The molecule has 0 bridgehead atoms. The molecule has 0 aliphatic heterocycles. The van der Waals surface area contributed by atoms with Crippen LogP contribution < -0.4 is 11.3 Å². The number of rotatable bonds is 8. The van der Waals surface area contributed by atoms with Crippen molar-refractivity contribution in [1.29, 1.82) is 0 Å². The summed E-state index contributed by atoms with van der Waals surface area (Å²) in [6, 6.07) is 0.148. The van der Waals surface area contributed by atoms with E-state index in [0.29, 0.717) is 0 Å². The lowest BCUT2D eigenvalue weighted by Crippen LogP contribution is -2.48. The van der Waals surface area contributed by atoms with E-state index in [-0.39, 0.29) is 11.6 Å². The van der Waals surface area contributed by atoms with Crippen molar-refractivity contribution in [2.24, 2.45) is 5.84 Å². The molecule has 0 radical (unpaired) electrons. The van der Waals surface area contributed by atoms with Gasteiger partial charge in [0.15, 0.2) is 0 Å². The van der Waals surface area contributed by atoms with Gasteiger partial charge in [0.05, 0.1) is 22.0 Å². The van der Waals surface area contributed by atoms with E-state index < -0.39 is 0 Å². The molecule has 3 N–H and O–H groups in total. The summed E-state index contributed by atoms with van der Waals surface area (Å²) in [7, 11) is 1.80. The van der Waals surface area contributed by atoms with Gasteiger partial charge in [-0.25, -0.2) is 0 Å². The highest BCUT2D eigenvalue weighted by Crippen LogP contribution is 2.39. The van der Waals surface area contributed by atoms with Crippen molar-refractivity contribution in [2.75, 3.05) is 7.11 Å². The van der Waals surface area contributed by atoms with Crippen molar-refractivity contribution in [3.05, 3.63) is 16.4 Å². The molecule has 1 unspecified atom stereocenters. The van der Waals surface area contributed by atoms with Crippen molar-refractivity contribution >= 4 is 11.6 Å². The van der Waals surface area contributed by atoms with E-state index in [0.717, 1.165) is 55.1 Å². The van der Waals surface area contributed by atoms with Crippen LogP contribution in [0, 0.1) is 0 Å². The molecule has 2 rings (SSSR count). The van der Waals surface area contributed by atoms with Crippen LogP contribution in [-0.2, 0) is 24.1 Å². The van der Waals surface area contributed by atoms with Gasteiger partial charge in [-0.05, 0) is 39.0 Å². The van der Waals surface area contributed by atoms with Crippen LogP contribution in [0.15, 0.2) is 0 Å². The van der Waals surface area contributed by atoms with Gasteiger partial charge in [0.1, 0.15) is 0 Å². The topological polar surface area (TPSA) is 65.1 Å². The van der Waals surface area contributed by atoms with Gasteiger partial charge >= 0.3 is 0 Å². The molecule has 0 aromatic carbocycles. The smallest absolute Gasteiger partial charge is 0.0850 e. The number of hydrogen-bond acceptors (Lipinski definition) is 4. The molecule has 1 atom stereocenters. The van der Waals surface area contributed by atoms with Gasteiger partial charge in [-0.1, -0.05) is 18.5 Å². The number of hydrazine groups is 1. The zero-order chi connectivity index (χ0) is 15.5. The zero-order valence-electron chi connectivity index (χ0n) is 13.3. The lowest BCUT2D eigenvalue weighted by Gasteiger charge is -2.42. The predicted molar refractivity (Wildman–Crippen MR) is 85.3 cm³/mol. The summed E-state index contributed by atoms with van der Waals surface area (Å²) in [4.78, 5) is 0. The Morgan fingerprint density at radius 1 is 1.48 bits per heavy atom. The fourth-order valence-electron chi connectivity index (χ4n) is 3.15. The van der Waals surface area contributed by atoms with E-state index in [1.54, 1.807) is 7.11 Å². The summed E-state index contributed by atoms with van der Waals surface area (Å²) in [5.41, 5.74) is 4.97. The van der Waals surface area contributed by atoms with Gasteiger partial charge in [-0.2, -0.15) is 5.10 Å². The molecular weight excluding hydrogens is 288 g/mol. The minimum atomic E-state index is -0.00579. The predicted octanol–water partition coefficient (Wildman–Crippen LogP) is 2.45. The molecule has 5 nitrogen and oxygen atoms in total. The normalized spacial score (nSPS) is 18.5. The highest BCUT2D eigenvalue weighted by Gasteiger charge is 2.39. The SMILES string of the molecule is CCc1nn(CC)c(CC(CC2(OC)CCC2)NN)c1Cl. The number of hydrogen-bond donors (Lipinski definition) is 2. The Labute approximate surface area is 132 Å². The number of ether oxygens (including phenoxy) is 1. The van der Waals surface area contributed by atoms with Gasteiger partial charge in [-0.15, -0.1) is 0 Å².